The Kier molecular flexibility index (Phi) is 6.45. The van der Waals surface area contributed by atoms with E-state index in [1.165, 1.54) is 16.7 Å². The molecule has 0 aromatic heterocycles. The van der Waals surface area contributed by atoms with E-state index in [-0.39, 0.29) is 10.9 Å². The lowest BCUT2D eigenvalue weighted by Crippen LogP contribution is -2.43. The van der Waals surface area contributed by atoms with Crippen LogP contribution in [0.4, 0.5) is 0 Å². The van der Waals surface area contributed by atoms with Crippen LogP contribution in [0.2, 0.25) is 0 Å². The predicted octanol–water partition coefficient (Wildman–Crippen LogP) is 6.02. The van der Waals surface area contributed by atoms with Crippen LogP contribution in [0.1, 0.15) is 33.1 Å². The molecule has 0 aliphatic heterocycles. The highest BCUT2D eigenvalue weighted by atomic mass is 32.4. The smallest absolute Gasteiger partial charge is 0.0846 e. The van der Waals surface area contributed by atoms with E-state index in [0.717, 1.165) is 24.6 Å². The summed E-state index contributed by atoms with van der Waals surface area (Å²) in [5, 5.41) is 1.34. The highest BCUT2D eigenvalue weighted by molar-refractivity contribution is 8.06. The molecule has 1 saturated carbocycles. The number of benzene rings is 2. The molecule has 3 rings (SSSR count). The maximum atomic E-state index is 6.58. The van der Waals surface area contributed by atoms with Gasteiger partial charge in [0, 0.05) is 10.6 Å². The predicted molar refractivity (Wildman–Crippen MR) is 122 cm³/mol. The molecule has 26 heavy (non-hydrogen) atoms. The molecule has 138 valence electrons. The van der Waals surface area contributed by atoms with Gasteiger partial charge < -0.3 is 4.52 Å². The largest absolute Gasteiger partial charge is 0.342 e. The molecule has 0 N–H and O–H groups in total. The first kappa shape index (κ1) is 19.9. The molecule has 0 bridgehead atoms. The Hall–Kier alpha value is -0.860. The van der Waals surface area contributed by atoms with Gasteiger partial charge in [0.05, 0.1) is 12.5 Å². The van der Waals surface area contributed by atoms with Crippen LogP contribution in [0, 0.1) is 5.92 Å². The fraction of sp³-hybridized carbons (Fsp3) is 0.364. The first-order valence-corrected chi connectivity index (χ1v) is 12.2. The fourth-order valence-corrected chi connectivity index (χ4v) is 6.73. The standard InChI is InChI=1S/C22H27OPS2/c1-16(2)18-13-14-22(3,21(25)15-18)23-24(26)20-12-8-7-11-19(20)17-9-5-4-6-10-17/h4-12,18,21,24-25H,1,13-15H2,2-3H3/t18-,21+,22+/m1/s1. The van der Waals surface area contributed by atoms with Crippen LogP contribution in [-0.4, -0.2) is 10.9 Å². The maximum Gasteiger partial charge on any atom is 0.0846 e. The van der Waals surface area contributed by atoms with Crippen molar-refractivity contribution in [3.8, 4) is 11.1 Å². The molecule has 4 heteroatoms. The Bertz CT molecular complexity index is 805. The minimum atomic E-state index is -1.56. The summed E-state index contributed by atoms with van der Waals surface area (Å²) in [6.45, 7) is 6.87. The number of hydrogen-bond acceptors (Lipinski definition) is 3. The van der Waals surface area contributed by atoms with Gasteiger partial charge in [0.2, 0.25) is 0 Å². The van der Waals surface area contributed by atoms with E-state index in [1.54, 1.807) is 0 Å². The third-order valence-electron chi connectivity index (χ3n) is 5.46. The zero-order chi connectivity index (χ0) is 18.7. The summed E-state index contributed by atoms with van der Waals surface area (Å²) < 4.78 is 6.58. The first-order valence-electron chi connectivity index (χ1n) is 9.12. The van der Waals surface area contributed by atoms with Crippen molar-refractivity contribution in [1.29, 1.82) is 0 Å². The zero-order valence-electron chi connectivity index (χ0n) is 15.4. The molecule has 1 fully saturated rings. The Morgan fingerprint density at radius 2 is 1.85 bits per heavy atom. The molecular weight excluding hydrogens is 375 g/mol. The van der Waals surface area contributed by atoms with Gasteiger partial charge in [0.15, 0.2) is 0 Å². The van der Waals surface area contributed by atoms with E-state index in [4.69, 9.17) is 29.0 Å². The van der Waals surface area contributed by atoms with Gasteiger partial charge in [0.25, 0.3) is 0 Å². The average Bonchev–Trinajstić information content (AvgIpc) is 2.64. The van der Waals surface area contributed by atoms with E-state index in [9.17, 15) is 0 Å². The van der Waals surface area contributed by atoms with Crippen LogP contribution in [0.15, 0.2) is 66.7 Å². The molecule has 0 spiro atoms. The molecule has 4 atom stereocenters. The monoisotopic (exact) mass is 402 g/mol. The summed E-state index contributed by atoms with van der Waals surface area (Å²) in [6, 6.07) is 18.8. The van der Waals surface area contributed by atoms with Crippen molar-refractivity contribution in [1.82, 2.24) is 0 Å². The summed E-state index contributed by atoms with van der Waals surface area (Å²) in [5.41, 5.74) is 3.36. The SMILES string of the molecule is C=C(C)[C@@H]1CC[C@](C)(O[PH](=S)c2ccccc2-c2ccccc2)[C@@H](S)C1. The van der Waals surface area contributed by atoms with Gasteiger partial charge in [-0.1, -0.05) is 78.6 Å². The Labute approximate surface area is 168 Å². The number of hydrogen-bond donors (Lipinski definition) is 1. The van der Waals surface area contributed by atoms with Crippen LogP contribution in [0.25, 0.3) is 11.1 Å². The van der Waals surface area contributed by atoms with E-state index in [0.29, 0.717) is 5.92 Å². The normalized spacial score (nSPS) is 27.0. The summed E-state index contributed by atoms with van der Waals surface area (Å²) in [6.07, 6.45) is 3.10. The molecule has 0 amide bonds. The van der Waals surface area contributed by atoms with Gasteiger partial charge >= 0.3 is 0 Å². The quantitative estimate of drug-likeness (QED) is 0.372. The molecular formula is C22H27OPS2. The Morgan fingerprint density at radius 1 is 1.19 bits per heavy atom. The van der Waals surface area contributed by atoms with Crippen LogP contribution in [0.5, 0.6) is 0 Å². The van der Waals surface area contributed by atoms with Gasteiger partial charge in [-0.25, -0.2) is 0 Å². The fourth-order valence-electron chi connectivity index (χ4n) is 3.63. The summed E-state index contributed by atoms with van der Waals surface area (Å²) in [4.78, 5) is 0. The zero-order valence-corrected chi connectivity index (χ0v) is 18.2. The van der Waals surface area contributed by atoms with Gasteiger partial charge in [-0.3, -0.25) is 0 Å². The highest BCUT2D eigenvalue weighted by Crippen LogP contribution is 2.45. The second-order valence-electron chi connectivity index (χ2n) is 7.45. The lowest BCUT2D eigenvalue weighted by atomic mass is 9.77. The van der Waals surface area contributed by atoms with Gasteiger partial charge in [-0.15, -0.1) is 0 Å². The van der Waals surface area contributed by atoms with Gasteiger partial charge in [-0.05, 0) is 50.2 Å². The summed E-state index contributed by atoms with van der Waals surface area (Å²) in [7, 11) is 0. The molecule has 2 aromatic rings. The number of rotatable bonds is 5. The minimum absolute atomic E-state index is 0.185. The Balaban J connectivity index is 1.82. The van der Waals surface area contributed by atoms with Crippen molar-refractivity contribution in [2.75, 3.05) is 0 Å². The van der Waals surface area contributed by atoms with Crippen LogP contribution < -0.4 is 5.30 Å². The maximum absolute atomic E-state index is 6.58. The van der Waals surface area contributed by atoms with Crippen molar-refractivity contribution < 1.29 is 4.52 Å². The molecule has 0 radical (unpaired) electrons. The molecule has 1 aliphatic rings. The summed E-state index contributed by atoms with van der Waals surface area (Å²) in [5.74, 6) is 0.548. The number of allylic oxidation sites excluding steroid dienone is 1. The van der Waals surface area contributed by atoms with Crippen molar-refractivity contribution >= 4 is 36.7 Å². The number of thiol groups is 1. The van der Waals surface area contributed by atoms with Crippen LogP contribution in [0.3, 0.4) is 0 Å². The average molecular weight is 403 g/mol. The molecule has 0 heterocycles. The third kappa shape index (κ3) is 4.34. The topological polar surface area (TPSA) is 9.23 Å². The van der Waals surface area contributed by atoms with Gasteiger partial charge in [-0.2, -0.15) is 12.6 Å². The second kappa shape index (κ2) is 8.44. The van der Waals surface area contributed by atoms with Crippen LogP contribution >= 0.6 is 19.6 Å². The van der Waals surface area contributed by atoms with Crippen molar-refractivity contribution in [2.45, 2.75) is 44.0 Å². The van der Waals surface area contributed by atoms with Gasteiger partial charge in [0.1, 0.15) is 0 Å². The summed E-state index contributed by atoms with van der Waals surface area (Å²) >= 11 is 10.8. The third-order valence-corrected chi connectivity index (χ3v) is 8.65. The van der Waals surface area contributed by atoms with E-state index < -0.39 is 6.92 Å². The highest BCUT2D eigenvalue weighted by Gasteiger charge is 2.40. The van der Waals surface area contributed by atoms with Crippen molar-refractivity contribution in [3.63, 3.8) is 0 Å². The molecule has 0 saturated heterocycles. The molecule has 1 aliphatic carbocycles. The van der Waals surface area contributed by atoms with Crippen molar-refractivity contribution in [3.05, 3.63) is 66.7 Å². The van der Waals surface area contributed by atoms with Crippen LogP contribution in [-0.2, 0) is 16.3 Å². The van der Waals surface area contributed by atoms with E-state index in [1.807, 2.05) is 6.07 Å². The first-order chi connectivity index (χ1) is 12.4. The van der Waals surface area contributed by atoms with E-state index in [2.05, 4.69) is 69.0 Å². The van der Waals surface area contributed by atoms with E-state index >= 15 is 0 Å². The molecule has 1 unspecified atom stereocenters. The second-order valence-corrected chi connectivity index (χ2v) is 10.5. The molecule has 1 nitrogen and oxygen atoms in total. The lowest BCUT2D eigenvalue weighted by molar-refractivity contribution is 0.0627. The van der Waals surface area contributed by atoms with Crippen molar-refractivity contribution in [2.24, 2.45) is 5.92 Å². The Morgan fingerprint density at radius 3 is 2.50 bits per heavy atom. The molecule has 2 aromatic carbocycles. The lowest BCUT2D eigenvalue weighted by Gasteiger charge is -2.42. The minimum Gasteiger partial charge on any atom is -0.342 e.